The van der Waals surface area contributed by atoms with Crippen molar-refractivity contribution in [3.05, 3.63) is 66.1 Å². The van der Waals surface area contributed by atoms with Crippen LogP contribution in [0, 0.1) is 5.82 Å². The third kappa shape index (κ3) is 6.18. The topological polar surface area (TPSA) is 82.7 Å². The molecular formula is C24H28CaFNO4. The van der Waals surface area contributed by atoms with Gasteiger partial charge in [-0.2, -0.15) is 0 Å². The van der Waals surface area contributed by atoms with E-state index >= 15 is 0 Å². The van der Waals surface area contributed by atoms with Crippen LogP contribution in [-0.4, -0.2) is 75.8 Å². The number of carbonyl (C=O) groups is 1. The number of aliphatic hydroxyl groups is 2. The van der Waals surface area contributed by atoms with Crippen LogP contribution in [0.5, 0.6) is 0 Å². The largest absolute Gasteiger partial charge is 2.00 e. The Labute approximate surface area is 213 Å². The van der Waals surface area contributed by atoms with E-state index in [4.69, 9.17) is 5.11 Å². The number of fused-ring (bicyclic) bond motifs is 1. The standard InChI is InChI=1S/C24H26FNO4.Ca.2H/c1-15(2)26-21-6-4-3-5-20(21)24(16-7-9-17(25)10-8-16)22(26)12-11-18(27)13-19(28)14-23(29)30;;;/h3-12,15,18-19,27-28H,13-14H2,1-2H3,(H,29,30);;;/q;+2;2*-1/b12-11+;;;/t18-,19-;;;/m1.../s1. The number of nitrogens with zero attached hydrogens (tertiary/aromatic N) is 1. The van der Waals surface area contributed by atoms with Crippen LogP contribution >= 0.6 is 0 Å². The first kappa shape index (κ1) is 25.6. The second kappa shape index (κ2) is 11.2. The Hall–Kier alpha value is -1.70. The maximum Gasteiger partial charge on any atom is 2.00 e. The van der Waals surface area contributed by atoms with E-state index in [0.717, 1.165) is 27.7 Å². The molecule has 7 heteroatoms. The van der Waals surface area contributed by atoms with Gasteiger partial charge in [-0.15, -0.1) is 0 Å². The second-order valence-corrected chi connectivity index (χ2v) is 7.66. The number of aromatic nitrogens is 1. The molecule has 0 aliphatic carbocycles. The zero-order chi connectivity index (χ0) is 21.8. The normalized spacial score (nSPS) is 13.5. The van der Waals surface area contributed by atoms with Crippen LogP contribution in [0.3, 0.4) is 0 Å². The van der Waals surface area contributed by atoms with Crippen molar-refractivity contribution in [2.45, 2.75) is 44.9 Å². The summed E-state index contributed by atoms with van der Waals surface area (Å²) in [6.45, 7) is 4.12. The molecular weight excluding hydrogens is 425 g/mol. The van der Waals surface area contributed by atoms with Gasteiger partial charge in [-0.25, -0.2) is 4.39 Å². The first-order valence-electron chi connectivity index (χ1n) is 9.93. The van der Waals surface area contributed by atoms with Gasteiger partial charge >= 0.3 is 43.7 Å². The average molecular weight is 454 g/mol. The molecule has 3 aromatic rings. The number of carboxylic acid groups (broad SMARTS) is 1. The van der Waals surface area contributed by atoms with Gasteiger partial charge in [-0.3, -0.25) is 4.79 Å². The van der Waals surface area contributed by atoms with Crippen molar-refractivity contribution in [3.8, 4) is 11.1 Å². The third-order valence-electron chi connectivity index (χ3n) is 5.00. The quantitative estimate of drug-likeness (QED) is 0.440. The Morgan fingerprint density at radius 2 is 1.77 bits per heavy atom. The van der Waals surface area contributed by atoms with Crippen molar-refractivity contribution in [3.63, 3.8) is 0 Å². The molecule has 2 atom stereocenters. The van der Waals surface area contributed by atoms with Crippen LogP contribution in [0.25, 0.3) is 28.1 Å². The molecule has 0 fully saturated rings. The first-order valence-corrected chi connectivity index (χ1v) is 9.93. The van der Waals surface area contributed by atoms with E-state index in [1.165, 1.54) is 12.1 Å². The summed E-state index contributed by atoms with van der Waals surface area (Å²) in [6, 6.07) is 14.4. The molecule has 1 aromatic heterocycles. The van der Waals surface area contributed by atoms with Gasteiger partial charge in [0.05, 0.1) is 18.6 Å². The number of hydrogen-bond donors (Lipinski definition) is 3. The molecule has 0 saturated carbocycles. The van der Waals surface area contributed by atoms with Crippen LogP contribution < -0.4 is 0 Å². The van der Waals surface area contributed by atoms with Gasteiger partial charge in [0.15, 0.2) is 0 Å². The molecule has 0 unspecified atom stereocenters. The van der Waals surface area contributed by atoms with Crippen LogP contribution in [0.15, 0.2) is 54.6 Å². The van der Waals surface area contributed by atoms with E-state index in [9.17, 15) is 19.4 Å². The predicted octanol–water partition coefficient (Wildman–Crippen LogP) is 4.47. The summed E-state index contributed by atoms with van der Waals surface area (Å²) in [4.78, 5) is 10.7. The molecule has 2 aromatic carbocycles. The molecule has 3 N–H and O–H groups in total. The fourth-order valence-corrected chi connectivity index (χ4v) is 3.77. The summed E-state index contributed by atoms with van der Waals surface area (Å²) in [6.07, 6.45) is 0.727. The Morgan fingerprint density at radius 3 is 2.39 bits per heavy atom. The molecule has 0 aliphatic rings. The number of carboxylic acids is 1. The molecule has 0 saturated heterocycles. The minimum atomic E-state index is -1.13. The summed E-state index contributed by atoms with van der Waals surface area (Å²) in [7, 11) is 0. The molecule has 31 heavy (non-hydrogen) atoms. The molecule has 0 spiro atoms. The van der Waals surface area contributed by atoms with Crippen LogP contribution in [-0.2, 0) is 4.79 Å². The van der Waals surface area contributed by atoms with Crippen molar-refractivity contribution in [1.82, 2.24) is 4.57 Å². The molecule has 162 valence electrons. The molecule has 5 nitrogen and oxygen atoms in total. The number of aliphatic carboxylic acids is 1. The van der Waals surface area contributed by atoms with E-state index in [1.54, 1.807) is 24.3 Å². The number of hydrogen-bond acceptors (Lipinski definition) is 3. The maximum absolute atomic E-state index is 13.5. The van der Waals surface area contributed by atoms with Gasteiger partial charge < -0.3 is 22.7 Å². The van der Waals surface area contributed by atoms with Gasteiger partial charge in [-0.1, -0.05) is 36.4 Å². The van der Waals surface area contributed by atoms with Crippen LogP contribution in [0.2, 0.25) is 0 Å². The number of halogens is 1. The minimum Gasteiger partial charge on any atom is -1.00 e. The number of aliphatic hydroxyl groups excluding tert-OH is 2. The molecule has 0 amide bonds. The van der Waals surface area contributed by atoms with Gasteiger partial charge in [0.1, 0.15) is 5.82 Å². The van der Waals surface area contributed by atoms with Crippen molar-refractivity contribution in [1.29, 1.82) is 0 Å². The molecule has 0 bridgehead atoms. The Kier molecular flexibility index (Phi) is 9.28. The van der Waals surface area contributed by atoms with Crippen molar-refractivity contribution in [2.75, 3.05) is 0 Å². The summed E-state index contributed by atoms with van der Waals surface area (Å²) in [5.41, 5.74) is 3.65. The Morgan fingerprint density at radius 1 is 1.13 bits per heavy atom. The van der Waals surface area contributed by atoms with Gasteiger partial charge in [0.2, 0.25) is 0 Å². The van der Waals surface area contributed by atoms with E-state index in [0.29, 0.717) is 0 Å². The van der Waals surface area contributed by atoms with Crippen molar-refractivity contribution >= 4 is 60.7 Å². The van der Waals surface area contributed by atoms with Gasteiger partial charge in [-0.05, 0) is 43.7 Å². The molecule has 0 aliphatic heterocycles. The Bertz CT molecular complexity index is 1070. The summed E-state index contributed by atoms with van der Waals surface area (Å²) < 4.78 is 15.6. The number of para-hydroxylation sites is 1. The fourth-order valence-electron chi connectivity index (χ4n) is 3.77. The molecule has 1 heterocycles. The SMILES string of the molecule is CC(C)n1c(/C=C/[C@@H](O)C[C@@H](O)CC(=O)O)c(-c2ccc(F)cc2)c2ccccc21.[Ca+2].[H-].[H-]. The fraction of sp³-hybridized carbons (Fsp3) is 0.292. The van der Waals surface area contributed by atoms with Crippen LogP contribution in [0.1, 0.15) is 41.3 Å². The summed E-state index contributed by atoms with van der Waals surface area (Å²) in [5, 5.41) is 29.9. The smallest absolute Gasteiger partial charge is 1.00 e. The van der Waals surface area contributed by atoms with E-state index in [2.05, 4.69) is 18.4 Å². The van der Waals surface area contributed by atoms with Crippen LogP contribution in [0.4, 0.5) is 4.39 Å². The summed E-state index contributed by atoms with van der Waals surface area (Å²) in [5.74, 6) is -1.43. The number of rotatable bonds is 8. The Balaban J connectivity index is 0.00000341. The second-order valence-electron chi connectivity index (χ2n) is 7.66. The predicted molar refractivity (Wildman–Crippen MR) is 124 cm³/mol. The molecule has 0 radical (unpaired) electrons. The zero-order valence-electron chi connectivity index (χ0n) is 19.7. The van der Waals surface area contributed by atoms with Crippen molar-refractivity contribution < 1.29 is 27.4 Å². The zero-order valence-corrected chi connectivity index (χ0v) is 19.9. The van der Waals surface area contributed by atoms with Gasteiger partial charge in [0.25, 0.3) is 0 Å². The minimum absolute atomic E-state index is 0. The average Bonchev–Trinajstić information content (AvgIpc) is 3.00. The maximum atomic E-state index is 13.5. The van der Waals surface area contributed by atoms with Gasteiger partial charge in [0, 0.05) is 34.6 Å². The van der Waals surface area contributed by atoms with E-state index in [-0.39, 0.29) is 58.9 Å². The first-order chi connectivity index (χ1) is 14.3. The van der Waals surface area contributed by atoms with E-state index < -0.39 is 24.6 Å². The summed E-state index contributed by atoms with van der Waals surface area (Å²) >= 11 is 0. The van der Waals surface area contributed by atoms with E-state index in [1.807, 2.05) is 24.3 Å². The number of benzene rings is 2. The van der Waals surface area contributed by atoms with Crippen molar-refractivity contribution in [2.24, 2.45) is 0 Å². The molecule has 3 rings (SSSR count). The monoisotopic (exact) mass is 453 g/mol. The third-order valence-corrected chi connectivity index (χ3v) is 5.00.